The molecule has 214 valence electrons. The lowest BCUT2D eigenvalue weighted by molar-refractivity contribution is 0.0593. The number of hydrogen-bond acceptors (Lipinski definition) is 9. The molecule has 0 unspecified atom stereocenters. The van der Waals surface area contributed by atoms with Crippen molar-refractivity contribution < 1.29 is 14.3 Å². The van der Waals surface area contributed by atoms with Crippen LogP contribution in [0, 0.1) is 0 Å². The van der Waals surface area contributed by atoms with Crippen LogP contribution in [0.25, 0.3) is 34.1 Å². The number of pyridine rings is 2. The first-order chi connectivity index (χ1) is 19.7. The number of fused-ring (bicyclic) bond motifs is 2. The fourth-order valence-electron chi connectivity index (χ4n) is 3.81. The number of hydrogen-bond donors (Lipinski definition) is 0. The fourth-order valence-corrected chi connectivity index (χ4v) is 4.14. The Balaban J connectivity index is 0.000000189. The summed E-state index contributed by atoms with van der Waals surface area (Å²) in [5.41, 5.74) is 4.60. The third kappa shape index (κ3) is 6.19. The number of carbonyl (C=O) groups is 2. The van der Waals surface area contributed by atoms with E-state index in [1.807, 2.05) is 18.2 Å². The van der Waals surface area contributed by atoms with Gasteiger partial charge in [0.1, 0.15) is 16.0 Å². The van der Waals surface area contributed by atoms with Crippen LogP contribution in [0.3, 0.4) is 0 Å². The van der Waals surface area contributed by atoms with E-state index in [0.29, 0.717) is 38.7 Å². The second-order valence-corrected chi connectivity index (χ2v) is 9.45. The SMILES string of the molecule is C.CN(C)C(=O)c1cn2c(-c3cccc(Cl)n3)cnc2cn1.COC(=O)c1cn2c(-c3cccc(Cl)n3)cnc2cn1. The summed E-state index contributed by atoms with van der Waals surface area (Å²) in [6.07, 6.45) is 9.61. The summed E-state index contributed by atoms with van der Waals surface area (Å²) in [4.78, 5) is 50.1. The normalized spacial score (nSPS) is 10.5. The van der Waals surface area contributed by atoms with Crippen molar-refractivity contribution in [2.24, 2.45) is 0 Å². The number of rotatable bonds is 4. The molecular formula is C28H25Cl2N9O3. The number of halogens is 2. The van der Waals surface area contributed by atoms with Crippen LogP contribution in [0.2, 0.25) is 10.3 Å². The molecule has 0 saturated carbocycles. The number of carbonyl (C=O) groups excluding carboxylic acids is 2. The molecule has 0 radical (unpaired) electrons. The summed E-state index contributed by atoms with van der Waals surface area (Å²) in [7, 11) is 4.67. The van der Waals surface area contributed by atoms with Crippen molar-refractivity contribution in [3.8, 4) is 22.8 Å². The van der Waals surface area contributed by atoms with Crippen LogP contribution in [-0.4, -0.2) is 76.7 Å². The van der Waals surface area contributed by atoms with Crippen molar-refractivity contribution >= 4 is 46.4 Å². The lowest BCUT2D eigenvalue weighted by Crippen LogP contribution is -2.23. The standard InChI is InChI=1S/C14H12ClN5O.C13H9ClN4O2.CH4/c1-19(2)14(21)10-8-20-11(6-17-13(20)7-16-10)9-4-3-5-12(15)18-9;1-20-13(19)9-7-18-10(5-16-12(18)6-15-9)8-3-2-4-11(14)17-8;/h3-8H,1-2H3;2-7H,1H3;1H4. The van der Waals surface area contributed by atoms with Gasteiger partial charge in [0, 0.05) is 26.5 Å². The lowest BCUT2D eigenvalue weighted by Gasteiger charge is -2.10. The summed E-state index contributed by atoms with van der Waals surface area (Å²) in [5, 5.41) is 0.792. The third-order valence-corrected chi connectivity index (χ3v) is 6.19. The minimum atomic E-state index is -0.509. The van der Waals surface area contributed by atoms with E-state index in [1.54, 1.807) is 72.1 Å². The second-order valence-electron chi connectivity index (χ2n) is 8.67. The number of methoxy groups -OCH3 is 1. The number of esters is 1. The molecule has 42 heavy (non-hydrogen) atoms. The first-order valence-corrected chi connectivity index (χ1v) is 12.7. The van der Waals surface area contributed by atoms with Gasteiger partial charge in [-0.1, -0.05) is 42.8 Å². The Labute approximate surface area is 250 Å². The van der Waals surface area contributed by atoms with Crippen LogP contribution in [0.1, 0.15) is 28.4 Å². The summed E-state index contributed by atoms with van der Waals surface area (Å²) >= 11 is 11.8. The zero-order valence-corrected chi connectivity index (χ0v) is 23.4. The second kappa shape index (κ2) is 12.7. The van der Waals surface area contributed by atoms with Crippen molar-refractivity contribution in [3.63, 3.8) is 0 Å². The maximum absolute atomic E-state index is 12.0. The Hall–Kier alpha value is -4.94. The van der Waals surface area contributed by atoms with E-state index in [-0.39, 0.29) is 19.0 Å². The molecule has 12 nitrogen and oxygen atoms in total. The van der Waals surface area contributed by atoms with Crippen molar-refractivity contribution in [1.82, 2.24) is 43.6 Å². The molecular weight excluding hydrogens is 581 g/mol. The highest BCUT2D eigenvalue weighted by Gasteiger charge is 2.15. The molecule has 1 amide bonds. The first kappa shape index (κ1) is 30.0. The minimum absolute atomic E-state index is 0. The van der Waals surface area contributed by atoms with Gasteiger partial charge in [0.05, 0.1) is 54.7 Å². The van der Waals surface area contributed by atoms with Crippen LogP contribution >= 0.6 is 23.2 Å². The fraction of sp³-hybridized carbons (Fsp3) is 0.143. The van der Waals surface area contributed by atoms with E-state index in [1.165, 1.54) is 18.2 Å². The first-order valence-electron chi connectivity index (χ1n) is 12.0. The quantitative estimate of drug-likeness (QED) is 0.201. The van der Waals surface area contributed by atoms with E-state index in [0.717, 1.165) is 11.4 Å². The molecule has 6 heterocycles. The molecule has 0 aliphatic heterocycles. The van der Waals surface area contributed by atoms with E-state index >= 15 is 0 Å². The van der Waals surface area contributed by atoms with Crippen molar-refractivity contribution in [2.75, 3.05) is 21.2 Å². The highest BCUT2D eigenvalue weighted by Crippen LogP contribution is 2.22. The van der Waals surface area contributed by atoms with Gasteiger partial charge in [-0.05, 0) is 24.3 Å². The molecule has 0 saturated heterocycles. The highest BCUT2D eigenvalue weighted by atomic mass is 35.5. The molecule has 6 rings (SSSR count). The molecule has 0 bridgehead atoms. The Kier molecular flexibility index (Phi) is 9.09. The number of nitrogens with zero attached hydrogens (tertiary/aromatic N) is 9. The van der Waals surface area contributed by atoms with Crippen LogP contribution in [0.5, 0.6) is 0 Å². The molecule has 0 spiro atoms. The van der Waals surface area contributed by atoms with Gasteiger partial charge in [0.25, 0.3) is 5.91 Å². The Morgan fingerprint density at radius 1 is 0.738 bits per heavy atom. The monoisotopic (exact) mass is 605 g/mol. The molecule has 6 aromatic heterocycles. The molecule has 0 fully saturated rings. The molecule has 0 atom stereocenters. The lowest BCUT2D eigenvalue weighted by atomic mass is 10.3. The van der Waals surface area contributed by atoms with Gasteiger partial charge in [0.2, 0.25) is 0 Å². The molecule has 14 heteroatoms. The Morgan fingerprint density at radius 2 is 1.21 bits per heavy atom. The van der Waals surface area contributed by atoms with E-state index < -0.39 is 5.97 Å². The summed E-state index contributed by atoms with van der Waals surface area (Å²) in [5.74, 6) is -0.679. The van der Waals surface area contributed by atoms with Crippen LogP contribution in [-0.2, 0) is 4.74 Å². The topological polar surface area (TPSA) is 133 Å². The van der Waals surface area contributed by atoms with Gasteiger partial charge >= 0.3 is 5.97 Å². The maximum atomic E-state index is 12.0. The van der Waals surface area contributed by atoms with Gasteiger partial charge in [-0.25, -0.2) is 34.7 Å². The van der Waals surface area contributed by atoms with E-state index in [2.05, 4.69) is 34.6 Å². The van der Waals surface area contributed by atoms with Crippen molar-refractivity contribution in [1.29, 1.82) is 0 Å². The average Bonchev–Trinajstić information content (AvgIpc) is 3.60. The Bertz CT molecular complexity index is 1900. The zero-order chi connectivity index (χ0) is 29.1. The van der Waals surface area contributed by atoms with Gasteiger partial charge < -0.3 is 9.64 Å². The molecule has 0 aliphatic carbocycles. The smallest absolute Gasteiger partial charge is 0.358 e. The minimum Gasteiger partial charge on any atom is -0.464 e. The number of imidazole rings is 2. The average molecular weight is 606 g/mol. The summed E-state index contributed by atoms with van der Waals surface area (Å²) < 4.78 is 8.15. The van der Waals surface area contributed by atoms with Crippen LogP contribution in [0.15, 0.2) is 73.6 Å². The molecule has 0 aromatic carbocycles. The van der Waals surface area contributed by atoms with Crippen LogP contribution in [0.4, 0.5) is 0 Å². The maximum Gasteiger partial charge on any atom is 0.358 e. The largest absolute Gasteiger partial charge is 0.464 e. The molecule has 6 aromatic rings. The number of aromatic nitrogens is 8. The van der Waals surface area contributed by atoms with Crippen molar-refractivity contribution in [3.05, 3.63) is 95.3 Å². The highest BCUT2D eigenvalue weighted by molar-refractivity contribution is 6.29. The van der Waals surface area contributed by atoms with Gasteiger partial charge in [-0.15, -0.1) is 0 Å². The Morgan fingerprint density at radius 3 is 1.67 bits per heavy atom. The molecule has 0 aliphatic rings. The number of amides is 1. The van der Waals surface area contributed by atoms with Gasteiger partial charge in [-0.2, -0.15) is 0 Å². The predicted octanol–water partition coefficient (Wildman–Crippen LogP) is 5.01. The van der Waals surface area contributed by atoms with Crippen LogP contribution < -0.4 is 0 Å². The van der Waals surface area contributed by atoms with Crippen molar-refractivity contribution in [2.45, 2.75) is 7.43 Å². The van der Waals surface area contributed by atoms with Gasteiger partial charge in [0.15, 0.2) is 17.0 Å². The zero-order valence-electron chi connectivity index (χ0n) is 21.9. The number of ether oxygens (including phenoxy) is 1. The third-order valence-electron chi connectivity index (χ3n) is 5.77. The summed E-state index contributed by atoms with van der Waals surface area (Å²) in [6.45, 7) is 0. The predicted molar refractivity (Wildman–Crippen MR) is 159 cm³/mol. The molecule has 0 N–H and O–H groups in total. The van der Waals surface area contributed by atoms with E-state index in [4.69, 9.17) is 23.2 Å². The van der Waals surface area contributed by atoms with E-state index in [9.17, 15) is 9.59 Å². The summed E-state index contributed by atoms with van der Waals surface area (Å²) in [6, 6.07) is 10.7. The van der Waals surface area contributed by atoms with Gasteiger partial charge in [-0.3, -0.25) is 13.6 Å².